The van der Waals surface area contributed by atoms with Crippen molar-refractivity contribution in [2.45, 2.75) is 12.1 Å². The van der Waals surface area contributed by atoms with Crippen molar-refractivity contribution in [3.8, 4) is 11.6 Å². The molecule has 2 aromatic heterocycles. The molecule has 3 rings (SSSR count). The number of aliphatic hydroxyl groups is 1. The zero-order valence-electron chi connectivity index (χ0n) is 13.1. The number of aromatic nitrogens is 4. The van der Waals surface area contributed by atoms with E-state index in [2.05, 4.69) is 15.1 Å². The highest BCUT2D eigenvalue weighted by Gasteiger charge is 2.41. The maximum absolute atomic E-state index is 11.7. The van der Waals surface area contributed by atoms with Gasteiger partial charge in [-0.05, 0) is 18.2 Å². The number of carboxylic acid groups (broad SMARTS) is 1. The number of pyridine rings is 1. The van der Waals surface area contributed by atoms with Crippen molar-refractivity contribution in [3.63, 3.8) is 0 Å². The number of nitrogens with zero attached hydrogens (tertiary/aromatic N) is 4. The zero-order valence-corrected chi connectivity index (χ0v) is 14.6. The Morgan fingerprint density at radius 2 is 2.08 bits per heavy atom. The zero-order chi connectivity index (χ0) is 18.7. The Morgan fingerprint density at radius 3 is 2.65 bits per heavy atom. The summed E-state index contributed by atoms with van der Waals surface area (Å²) >= 11 is 12.0. The van der Waals surface area contributed by atoms with Crippen LogP contribution in [0.3, 0.4) is 0 Å². The van der Waals surface area contributed by atoms with Crippen molar-refractivity contribution >= 4 is 29.2 Å². The number of rotatable bonds is 6. The van der Waals surface area contributed by atoms with Gasteiger partial charge in [-0.1, -0.05) is 29.3 Å². The maximum Gasteiger partial charge on any atom is 0.342 e. The largest absolute Gasteiger partial charge is 0.479 e. The first-order valence-electron chi connectivity index (χ1n) is 7.26. The third kappa shape index (κ3) is 3.77. The maximum atomic E-state index is 11.7. The molecule has 0 saturated carbocycles. The van der Waals surface area contributed by atoms with Gasteiger partial charge in [-0.25, -0.2) is 19.4 Å². The van der Waals surface area contributed by atoms with Crippen molar-refractivity contribution in [3.05, 3.63) is 64.8 Å². The van der Waals surface area contributed by atoms with E-state index in [1.165, 1.54) is 41.7 Å². The van der Waals surface area contributed by atoms with Gasteiger partial charge >= 0.3 is 5.97 Å². The average Bonchev–Trinajstić information content (AvgIpc) is 3.09. The molecule has 0 bridgehead atoms. The third-order valence-electron chi connectivity index (χ3n) is 3.52. The van der Waals surface area contributed by atoms with Gasteiger partial charge in [0.1, 0.15) is 18.4 Å². The van der Waals surface area contributed by atoms with E-state index in [1.54, 1.807) is 12.1 Å². The summed E-state index contributed by atoms with van der Waals surface area (Å²) in [7, 11) is 0. The Labute approximate surface area is 157 Å². The molecule has 2 heterocycles. The molecule has 1 unspecified atom stereocenters. The van der Waals surface area contributed by atoms with E-state index in [-0.39, 0.29) is 23.0 Å². The van der Waals surface area contributed by atoms with E-state index in [1.807, 2.05) is 0 Å². The Balaban J connectivity index is 1.89. The van der Waals surface area contributed by atoms with Crippen LogP contribution in [-0.4, -0.2) is 35.9 Å². The summed E-state index contributed by atoms with van der Waals surface area (Å²) in [5, 5.41) is 24.5. The minimum atomic E-state index is -2.29. The summed E-state index contributed by atoms with van der Waals surface area (Å²) in [4.78, 5) is 19.4. The lowest BCUT2D eigenvalue weighted by Gasteiger charge is -2.24. The standard InChI is InChI=1S/C16H12Cl2N4O4/c17-10-1-4-14(20-6-10)26-11-2-3-12(13(18)5-11)16(25,15(23)24)7-22-9-19-8-21-22/h1-6,8-9,25H,7H2,(H,23,24). The first-order chi connectivity index (χ1) is 12.4. The van der Waals surface area contributed by atoms with Crippen molar-refractivity contribution in [2.75, 3.05) is 0 Å². The van der Waals surface area contributed by atoms with Gasteiger partial charge in [0.2, 0.25) is 11.5 Å². The minimum Gasteiger partial charge on any atom is -0.479 e. The minimum absolute atomic E-state index is 0.00131. The number of benzene rings is 1. The molecule has 0 radical (unpaired) electrons. The summed E-state index contributed by atoms with van der Waals surface area (Å²) in [5.41, 5.74) is -2.29. The highest BCUT2D eigenvalue weighted by molar-refractivity contribution is 6.32. The normalized spacial score (nSPS) is 13.2. The Kier molecular flexibility index (Phi) is 5.08. The van der Waals surface area contributed by atoms with Crippen LogP contribution >= 0.6 is 23.2 Å². The molecule has 10 heteroatoms. The molecule has 2 N–H and O–H groups in total. The van der Waals surface area contributed by atoms with E-state index >= 15 is 0 Å². The molecule has 0 aliphatic rings. The number of hydrogen-bond donors (Lipinski definition) is 2. The lowest BCUT2D eigenvalue weighted by Crippen LogP contribution is -2.40. The van der Waals surface area contributed by atoms with Gasteiger partial charge in [-0.3, -0.25) is 0 Å². The molecule has 3 aromatic rings. The van der Waals surface area contributed by atoms with Gasteiger partial charge in [0, 0.05) is 17.8 Å². The van der Waals surface area contributed by atoms with Crippen LogP contribution in [0.2, 0.25) is 10.0 Å². The molecule has 8 nitrogen and oxygen atoms in total. The number of halogens is 2. The Morgan fingerprint density at radius 1 is 1.27 bits per heavy atom. The average molecular weight is 395 g/mol. The summed E-state index contributed by atoms with van der Waals surface area (Å²) in [5.74, 6) is -0.862. The molecule has 134 valence electrons. The number of hydrogen-bond acceptors (Lipinski definition) is 6. The van der Waals surface area contributed by atoms with E-state index in [9.17, 15) is 15.0 Å². The van der Waals surface area contributed by atoms with Gasteiger partial charge in [0.05, 0.1) is 16.6 Å². The highest BCUT2D eigenvalue weighted by atomic mass is 35.5. The molecule has 0 fully saturated rings. The number of carbonyl (C=O) groups is 1. The lowest BCUT2D eigenvalue weighted by atomic mass is 9.93. The predicted octanol–water partition coefficient (Wildman–Crippen LogP) is 2.74. The lowest BCUT2D eigenvalue weighted by molar-refractivity contribution is -0.161. The summed E-state index contributed by atoms with van der Waals surface area (Å²) in [6, 6.07) is 7.43. The van der Waals surface area contributed by atoms with E-state index in [0.29, 0.717) is 10.8 Å². The second-order valence-corrected chi connectivity index (χ2v) is 6.16. The van der Waals surface area contributed by atoms with Crippen LogP contribution in [0.4, 0.5) is 0 Å². The van der Waals surface area contributed by atoms with E-state index in [0.717, 1.165) is 0 Å². The molecular formula is C16H12Cl2N4O4. The smallest absolute Gasteiger partial charge is 0.342 e. The molecular weight excluding hydrogens is 383 g/mol. The quantitative estimate of drug-likeness (QED) is 0.660. The van der Waals surface area contributed by atoms with Crippen molar-refractivity contribution in [2.24, 2.45) is 0 Å². The van der Waals surface area contributed by atoms with Crippen LogP contribution in [-0.2, 0) is 16.9 Å². The Bertz CT molecular complexity index is 919. The molecule has 0 aliphatic carbocycles. The third-order valence-corrected chi connectivity index (χ3v) is 4.06. The molecule has 0 spiro atoms. The number of carboxylic acids is 1. The molecule has 0 aliphatic heterocycles. The highest BCUT2D eigenvalue weighted by Crippen LogP contribution is 2.34. The van der Waals surface area contributed by atoms with Gasteiger partial charge in [-0.2, -0.15) is 5.10 Å². The fraction of sp³-hybridized carbons (Fsp3) is 0.125. The summed E-state index contributed by atoms with van der Waals surface area (Å²) in [6.07, 6.45) is 3.96. The van der Waals surface area contributed by atoms with E-state index in [4.69, 9.17) is 27.9 Å². The first-order valence-corrected chi connectivity index (χ1v) is 8.02. The number of ether oxygens (including phenoxy) is 1. The van der Waals surface area contributed by atoms with Crippen molar-refractivity contribution in [1.29, 1.82) is 0 Å². The molecule has 0 saturated heterocycles. The SMILES string of the molecule is O=C(O)C(O)(Cn1cncn1)c1ccc(Oc2ccc(Cl)cn2)cc1Cl. The van der Waals surface area contributed by atoms with Gasteiger partial charge in [-0.15, -0.1) is 0 Å². The summed E-state index contributed by atoms with van der Waals surface area (Å²) in [6.45, 7) is -0.360. The molecule has 1 atom stereocenters. The molecule has 1 aromatic carbocycles. The van der Waals surface area contributed by atoms with Crippen LogP contribution in [0.15, 0.2) is 49.2 Å². The topological polar surface area (TPSA) is 110 Å². The van der Waals surface area contributed by atoms with Crippen LogP contribution in [0, 0.1) is 0 Å². The number of aliphatic carboxylic acids is 1. The second kappa shape index (κ2) is 7.28. The second-order valence-electron chi connectivity index (χ2n) is 5.32. The van der Waals surface area contributed by atoms with Crippen LogP contribution < -0.4 is 4.74 Å². The monoisotopic (exact) mass is 394 g/mol. The van der Waals surface area contributed by atoms with Gasteiger partial charge in [0.15, 0.2) is 0 Å². The van der Waals surface area contributed by atoms with Crippen LogP contribution in [0.1, 0.15) is 5.56 Å². The molecule has 26 heavy (non-hydrogen) atoms. The van der Waals surface area contributed by atoms with Gasteiger partial charge < -0.3 is 14.9 Å². The fourth-order valence-corrected chi connectivity index (χ4v) is 2.69. The first kappa shape index (κ1) is 18.1. The van der Waals surface area contributed by atoms with Crippen molar-refractivity contribution in [1.82, 2.24) is 19.7 Å². The Hall–Kier alpha value is -2.68. The molecule has 0 amide bonds. The van der Waals surface area contributed by atoms with Crippen LogP contribution in [0.25, 0.3) is 0 Å². The van der Waals surface area contributed by atoms with Gasteiger partial charge in [0.25, 0.3) is 0 Å². The predicted molar refractivity (Wildman–Crippen MR) is 92.3 cm³/mol. The summed E-state index contributed by atoms with van der Waals surface area (Å²) < 4.78 is 6.74. The van der Waals surface area contributed by atoms with Crippen LogP contribution in [0.5, 0.6) is 11.6 Å². The fourth-order valence-electron chi connectivity index (χ4n) is 2.25. The van der Waals surface area contributed by atoms with E-state index < -0.39 is 11.6 Å². The van der Waals surface area contributed by atoms with Crippen molar-refractivity contribution < 1.29 is 19.7 Å².